The van der Waals surface area contributed by atoms with E-state index in [2.05, 4.69) is 30.8 Å². The van der Waals surface area contributed by atoms with Gasteiger partial charge in [-0.3, -0.25) is 23.1 Å². The molecule has 0 radical (unpaired) electrons. The van der Waals surface area contributed by atoms with Gasteiger partial charge >= 0.3 is 27.5 Å². The van der Waals surface area contributed by atoms with Crippen LogP contribution in [0.15, 0.2) is 64.0 Å². The number of nitrogens with zero attached hydrogens (tertiary/aromatic N) is 7. The lowest BCUT2D eigenvalue weighted by atomic mass is 10.1. The third-order valence-corrected chi connectivity index (χ3v) is 8.07. The van der Waals surface area contributed by atoms with E-state index in [0.717, 1.165) is 16.4 Å². The van der Waals surface area contributed by atoms with Crippen LogP contribution < -0.4 is 11.2 Å². The summed E-state index contributed by atoms with van der Waals surface area (Å²) in [7, 11) is -10.2. The van der Waals surface area contributed by atoms with E-state index in [-0.39, 0.29) is 33.5 Å². The quantitative estimate of drug-likeness (QED) is 0.123. The van der Waals surface area contributed by atoms with Gasteiger partial charge in [0.05, 0.1) is 29.2 Å². The SMILES string of the molecule is C=C([C@H]1C[C@@H]1c1ccc2cnn(CC(F)(F)F)c2c1)n1nccc1/N=C(\C)c1cn(COP(=O)(O)O)c(=O)n(COP(=O)(O)O)c1=O. The topological polar surface area (TPSA) is 226 Å². The van der Waals surface area contributed by atoms with Crippen LogP contribution in [0.3, 0.4) is 0 Å². The van der Waals surface area contributed by atoms with Crippen LogP contribution in [0.4, 0.5) is 19.0 Å². The molecule has 1 aliphatic rings. The maximum Gasteiger partial charge on any atom is 0.471 e. The van der Waals surface area contributed by atoms with Crippen LogP contribution in [0.5, 0.6) is 0 Å². The summed E-state index contributed by atoms with van der Waals surface area (Å²) in [4.78, 5) is 66.6. The highest BCUT2D eigenvalue weighted by atomic mass is 31.2. The molecule has 1 saturated carbocycles. The molecule has 252 valence electrons. The number of phosphoric acid groups is 2. The fourth-order valence-electron chi connectivity index (χ4n) is 4.92. The molecule has 1 aromatic carbocycles. The normalized spacial score (nSPS) is 17.4. The molecule has 47 heavy (non-hydrogen) atoms. The summed E-state index contributed by atoms with van der Waals surface area (Å²) >= 11 is 0. The zero-order valence-corrected chi connectivity index (χ0v) is 25.9. The Kier molecular flexibility index (Phi) is 9.17. The molecule has 4 aromatic rings. The van der Waals surface area contributed by atoms with E-state index in [1.807, 2.05) is 0 Å². The molecule has 22 heteroatoms. The Hall–Kier alpha value is -4.00. The van der Waals surface area contributed by atoms with Gasteiger partial charge in [0.2, 0.25) is 0 Å². The van der Waals surface area contributed by atoms with Gasteiger partial charge in [-0.15, -0.1) is 0 Å². The van der Waals surface area contributed by atoms with Crippen LogP contribution in [0.2, 0.25) is 0 Å². The fraction of sp³-hybridized carbons (Fsp3) is 0.320. The van der Waals surface area contributed by atoms with Crippen molar-refractivity contribution in [2.45, 2.75) is 45.4 Å². The average Bonchev–Trinajstić information content (AvgIpc) is 3.47. The largest absolute Gasteiger partial charge is 0.471 e. The lowest BCUT2D eigenvalue weighted by Crippen LogP contribution is -2.42. The van der Waals surface area contributed by atoms with Crippen molar-refractivity contribution in [3.05, 3.63) is 81.4 Å². The van der Waals surface area contributed by atoms with Gasteiger partial charge in [-0.1, -0.05) is 18.7 Å². The van der Waals surface area contributed by atoms with Crippen molar-refractivity contribution in [2.75, 3.05) is 0 Å². The van der Waals surface area contributed by atoms with Crippen molar-refractivity contribution in [1.82, 2.24) is 28.7 Å². The molecule has 0 amide bonds. The number of aromatic nitrogens is 6. The minimum Gasteiger partial charge on any atom is -0.303 e. The predicted octanol–water partition coefficient (Wildman–Crippen LogP) is 2.67. The van der Waals surface area contributed by atoms with Crippen molar-refractivity contribution in [1.29, 1.82) is 0 Å². The Morgan fingerprint density at radius 2 is 1.77 bits per heavy atom. The minimum absolute atomic E-state index is 0.0462. The number of hydrogen-bond donors (Lipinski definition) is 4. The first-order valence-corrected chi connectivity index (χ1v) is 16.4. The van der Waals surface area contributed by atoms with Gasteiger partial charge < -0.3 is 19.6 Å². The Bertz CT molecular complexity index is 2110. The maximum absolute atomic E-state index is 13.2. The summed E-state index contributed by atoms with van der Waals surface area (Å²) in [5.74, 6) is -0.0881. The molecular weight excluding hydrogens is 677 g/mol. The predicted molar refractivity (Wildman–Crippen MR) is 157 cm³/mol. The van der Waals surface area contributed by atoms with Gasteiger partial charge in [0.25, 0.3) is 5.56 Å². The van der Waals surface area contributed by atoms with Gasteiger partial charge in [-0.05, 0) is 30.9 Å². The highest BCUT2D eigenvalue weighted by Gasteiger charge is 2.42. The summed E-state index contributed by atoms with van der Waals surface area (Å²) < 4.78 is 73.3. The summed E-state index contributed by atoms with van der Waals surface area (Å²) in [6, 6.07) is 6.64. The first-order chi connectivity index (χ1) is 21.8. The van der Waals surface area contributed by atoms with Crippen molar-refractivity contribution < 1.29 is 50.9 Å². The molecule has 17 nitrogen and oxygen atoms in total. The summed E-state index contributed by atoms with van der Waals surface area (Å²) in [6.45, 7) is 2.00. The number of alkyl halides is 3. The van der Waals surface area contributed by atoms with E-state index in [4.69, 9.17) is 19.6 Å². The van der Waals surface area contributed by atoms with Crippen molar-refractivity contribution in [2.24, 2.45) is 10.9 Å². The number of benzene rings is 1. The average molecular weight is 703 g/mol. The molecule has 1 fully saturated rings. The van der Waals surface area contributed by atoms with Gasteiger partial charge in [-0.25, -0.2) is 28.2 Å². The van der Waals surface area contributed by atoms with Crippen molar-refractivity contribution in [3.8, 4) is 0 Å². The second-order valence-electron chi connectivity index (χ2n) is 10.5. The van der Waals surface area contributed by atoms with E-state index in [1.54, 1.807) is 18.2 Å². The van der Waals surface area contributed by atoms with Gasteiger partial charge in [-0.2, -0.15) is 23.4 Å². The molecule has 0 unspecified atom stereocenters. The number of halogens is 3. The molecule has 3 aromatic heterocycles. The van der Waals surface area contributed by atoms with E-state index in [0.29, 0.717) is 27.6 Å². The van der Waals surface area contributed by atoms with Gasteiger partial charge in [0.15, 0.2) is 5.82 Å². The number of hydrogen-bond acceptors (Lipinski definition) is 9. The zero-order chi connectivity index (χ0) is 34.5. The Morgan fingerprint density at radius 3 is 2.43 bits per heavy atom. The highest BCUT2D eigenvalue weighted by molar-refractivity contribution is 7.46. The zero-order valence-electron chi connectivity index (χ0n) is 24.1. The van der Waals surface area contributed by atoms with Gasteiger partial charge in [0.1, 0.15) is 20.0 Å². The lowest BCUT2D eigenvalue weighted by molar-refractivity contribution is -0.141. The summed E-state index contributed by atoms with van der Waals surface area (Å²) in [6.07, 6.45) is -0.176. The number of allylic oxidation sites excluding steroid dienone is 1. The van der Waals surface area contributed by atoms with Crippen LogP contribution in [0.25, 0.3) is 16.6 Å². The summed E-state index contributed by atoms with van der Waals surface area (Å²) in [5.41, 5.74) is -1.12. The highest BCUT2D eigenvalue weighted by Crippen LogP contribution is 2.53. The molecule has 4 N–H and O–H groups in total. The van der Waals surface area contributed by atoms with Crippen molar-refractivity contribution >= 4 is 43.8 Å². The van der Waals surface area contributed by atoms with Crippen LogP contribution in [-0.4, -0.2) is 60.2 Å². The summed E-state index contributed by atoms with van der Waals surface area (Å²) in [5, 5.41) is 8.66. The monoisotopic (exact) mass is 703 g/mol. The lowest BCUT2D eigenvalue weighted by Gasteiger charge is -2.14. The molecule has 0 bridgehead atoms. The third kappa shape index (κ3) is 8.11. The Balaban J connectivity index is 1.42. The molecule has 1 aliphatic carbocycles. The van der Waals surface area contributed by atoms with E-state index in [1.165, 1.54) is 30.1 Å². The molecule has 0 aliphatic heterocycles. The van der Waals surface area contributed by atoms with Gasteiger partial charge in [0, 0.05) is 29.3 Å². The number of phosphoric ester groups is 2. The molecule has 3 heterocycles. The first kappa shape index (κ1) is 34.3. The number of fused-ring (bicyclic) bond motifs is 1. The molecule has 2 atom stereocenters. The second kappa shape index (κ2) is 12.6. The number of aliphatic imine (C=N–C) groups is 1. The van der Waals surface area contributed by atoms with Crippen molar-refractivity contribution in [3.63, 3.8) is 0 Å². The van der Waals surface area contributed by atoms with E-state index < -0.39 is 53.1 Å². The van der Waals surface area contributed by atoms with E-state index >= 15 is 0 Å². The first-order valence-electron chi connectivity index (χ1n) is 13.4. The Labute approximate surface area is 261 Å². The second-order valence-corrected chi connectivity index (χ2v) is 13.0. The van der Waals surface area contributed by atoms with Crippen LogP contribution in [0, 0.1) is 5.92 Å². The van der Waals surface area contributed by atoms with Crippen LogP contribution >= 0.6 is 15.6 Å². The Morgan fingerprint density at radius 1 is 1.09 bits per heavy atom. The molecule has 0 spiro atoms. The van der Waals surface area contributed by atoms with E-state index in [9.17, 15) is 31.9 Å². The standard InChI is InChI=1S/C25H26F3N7O10P2/c1-14(20-10-32(12-44-46(38,39)40)24(37)33(23(20)36)13-45-47(41,42)43)31-22-5-6-29-35(22)15(2)18-8-19(18)16-3-4-17-9-30-34(21(17)7-16)11-25(26,27)28/h3-7,9-10,18-19H,2,8,11-13H2,1H3,(H2,38,39,40)(H2,41,42,43)/b31-14+/t18-,19-/m1/s1. The van der Waals surface area contributed by atoms with Crippen LogP contribution in [-0.2, 0) is 38.2 Å². The maximum atomic E-state index is 13.2. The minimum atomic E-state index is -5.15. The molecular formula is C25H26F3N7O10P2. The third-order valence-electron chi connectivity index (χ3n) is 7.17. The molecule has 0 saturated heterocycles. The fourth-order valence-corrected chi connectivity index (χ4v) is 5.46. The molecule has 5 rings (SSSR count). The smallest absolute Gasteiger partial charge is 0.303 e. The number of rotatable bonds is 12. The van der Waals surface area contributed by atoms with Crippen LogP contribution in [0.1, 0.15) is 30.4 Å².